The summed E-state index contributed by atoms with van der Waals surface area (Å²) < 4.78 is 7.40. The zero-order valence-corrected chi connectivity index (χ0v) is 20.0. The molecular weight excluding hydrogens is 470 g/mol. The maximum atomic E-state index is 13.6. The van der Waals surface area contributed by atoms with Crippen molar-refractivity contribution in [3.8, 4) is 5.69 Å². The van der Waals surface area contributed by atoms with Crippen molar-refractivity contribution in [2.75, 3.05) is 11.1 Å². The largest absolute Gasteiger partial charge is 0.448 e. The number of carbonyl (C=O) groups excluding carboxylic acids is 1. The van der Waals surface area contributed by atoms with E-state index in [1.165, 1.54) is 16.3 Å². The lowest BCUT2D eigenvalue weighted by molar-refractivity contribution is -0.113. The SMILES string of the molecule is Cc1cc(C)cc(-n2c(SCC(=O)Nc3cccc(Cl)c3)nc3c(oc4ccccc43)c2=O)c1. The van der Waals surface area contributed by atoms with Crippen LogP contribution in [0.15, 0.2) is 81.1 Å². The third-order valence-electron chi connectivity index (χ3n) is 5.27. The topological polar surface area (TPSA) is 77.1 Å². The molecule has 170 valence electrons. The average Bonchev–Trinajstić information content (AvgIpc) is 3.16. The number of furan rings is 1. The summed E-state index contributed by atoms with van der Waals surface area (Å²) in [5.41, 5.74) is 4.26. The number of halogens is 1. The van der Waals surface area contributed by atoms with Crippen molar-refractivity contribution in [1.29, 1.82) is 0 Å². The van der Waals surface area contributed by atoms with E-state index in [9.17, 15) is 9.59 Å². The van der Waals surface area contributed by atoms with Crippen LogP contribution in [0, 0.1) is 13.8 Å². The number of aromatic nitrogens is 2. The summed E-state index contributed by atoms with van der Waals surface area (Å²) >= 11 is 7.20. The van der Waals surface area contributed by atoms with E-state index in [0.29, 0.717) is 32.7 Å². The van der Waals surface area contributed by atoms with Gasteiger partial charge in [0, 0.05) is 16.1 Å². The lowest BCUT2D eigenvalue weighted by Crippen LogP contribution is -2.22. The molecule has 0 unspecified atom stereocenters. The third kappa shape index (κ3) is 4.32. The number of fused-ring (bicyclic) bond motifs is 3. The second-order valence-corrected chi connectivity index (χ2v) is 9.38. The molecule has 1 N–H and O–H groups in total. The highest BCUT2D eigenvalue weighted by Gasteiger charge is 2.20. The smallest absolute Gasteiger partial charge is 0.302 e. The molecule has 5 aromatic rings. The number of hydrogen-bond donors (Lipinski definition) is 1. The first-order chi connectivity index (χ1) is 16.4. The molecule has 0 bridgehead atoms. The Morgan fingerprint density at radius 2 is 1.82 bits per heavy atom. The first kappa shape index (κ1) is 22.3. The normalized spacial score (nSPS) is 11.3. The summed E-state index contributed by atoms with van der Waals surface area (Å²) in [5.74, 6) is -0.170. The van der Waals surface area contributed by atoms with Crippen molar-refractivity contribution in [2.24, 2.45) is 0 Å². The van der Waals surface area contributed by atoms with Crippen LogP contribution in [-0.4, -0.2) is 21.2 Å². The van der Waals surface area contributed by atoms with Gasteiger partial charge >= 0.3 is 5.56 Å². The lowest BCUT2D eigenvalue weighted by atomic mass is 10.1. The van der Waals surface area contributed by atoms with Crippen LogP contribution in [-0.2, 0) is 4.79 Å². The van der Waals surface area contributed by atoms with Crippen molar-refractivity contribution in [1.82, 2.24) is 9.55 Å². The van der Waals surface area contributed by atoms with Gasteiger partial charge in [0.15, 0.2) is 5.16 Å². The number of benzene rings is 3. The molecule has 3 aromatic carbocycles. The van der Waals surface area contributed by atoms with Gasteiger partial charge in [0.05, 0.1) is 11.4 Å². The van der Waals surface area contributed by atoms with Crippen LogP contribution < -0.4 is 10.9 Å². The Hall–Kier alpha value is -3.55. The van der Waals surface area contributed by atoms with Gasteiger partial charge in [-0.3, -0.25) is 14.2 Å². The first-order valence-electron chi connectivity index (χ1n) is 10.6. The van der Waals surface area contributed by atoms with Crippen molar-refractivity contribution >= 4 is 57.0 Å². The molecule has 2 aromatic heterocycles. The fraction of sp³-hybridized carbons (Fsp3) is 0.115. The van der Waals surface area contributed by atoms with Crippen molar-refractivity contribution in [3.63, 3.8) is 0 Å². The van der Waals surface area contributed by atoms with Crippen LogP contribution in [0.5, 0.6) is 0 Å². The molecule has 0 radical (unpaired) electrons. The minimum absolute atomic E-state index is 0.0606. The van der Waals surface area contributed by atoms with E-state index < -0.39 is 0 Å². The summed E-state index contributed by atoms with van der Waals surface area (Å²) in [6.45, 7) is 3.94. The summed E-state index contributed by atoms with van der Waals surface area (Å²) in [5, 5.41) is 4.53. The predicted molar refractivity (Wildman–Crippen MR) is 137 cm³/mol. The molecule has 34 heavy (non-hydrogen) atoms. The van der Waals surface area contributed by atoms with Gasteiger partial charge in [-0.1, -0.05) is 47.6 Å². The van der Waals surface area contributed by atoms with Crippen LogP contribution in [0.1, 0.15) is 11.1 Å². The van der Waals surface area contributed by atoms with Gasteiger partial charge in [-0.15, -0.1) is 0 Å². The Morgan fingerprint density at radius 3 is 2.59 bits per heavy atom. The minimum atomic E-state index is -0.316. The van der Waals surface area contributed by atoms with E-state index in [2.05, 4.69) is 5.32 Å². The number of carbonyl (C=O) groups is 1. The van der Waals surface area contributed by atoms with E-state index in [1.807, 2.05) is 56.3 Å². The molecule has 2 heterocycles. The first-order valence-corrected chi connectivity index (χ1v) is 12.0. The Kier molecular flexibility index (Phi) is 5.89. The van der Waals surface area contributed by atoms with Crippen molar-refractivity contribution in [3.05, 3.63) is 93.2 Å². The Morgan fingerprint density at radius 1 is 1.06 bits per heavy atom. The van der Waals surface area contributed by atoms with Gasteiger partial charge in [-0.25, -0.2) is 4.98 Å². The van der Waals surface area contributed by atoms with E-state index in [1.54, 1.807) is 24.3 Å². The minimum Gasteiger partial charge on any atom is -0.448 e. The quantitative estimate of drug-likeness (QED) is 0.237. The summed E-state index contributed by atoms with van der Waals surface area (Å²) in [7, 11) is 0. The third-order valence-corrected chi connectivity index (χ3v) is 6.44. The molecule has 0 aliphatic rings. The molecule has 0 saturated carbocycles. The fourth-order valence-electron chi connectivity index (χ4n) is 3.92. The summed E-state index contributed by atoms with van der Waals surface area (Å²) in [6.07, 6.45) is 0. The van der Waals surface area contributed by atoms with Crippen LogP contribution >= 0.6 is 23.4 Å². The highest BCUT2D eigenvalue weighted by molar-refractivity contribution is 7.99. The van der Waals surface area contributed by atoms with Crippen LogP contribution in [0.25, 0.3) is 27.8 Å². The number of hydrogen-bond acceptors (Lipinski definition) is 5. The zero-order chi connectivity index (χ0) is 23.8. The second kappa shape index (κ2) is 9.00. The van der Waals surface area contributed by atoms with Gasteiger partial charge in [0.1, 0.15) is 11.1 Å². The Labute approximate surface area is 204 Å². The lowest BCUT2D eigenvalue weighted by Gasteiger charge is -2.13. The number of rotatable bonds is 5. The Balaban J connectivity index is 1.59. The molecular formula is C26H20ClN3O3S. The van der Waals surface area contributed by atoms with Crippen molar-refractivity contribution < 1.29 is 9.21 Å². The van der Waals surface area contributed by atoms with Gasteiger partial charge in [0.25, 0.3) is 0 Å². The molecule has 5 rings (SSSR count). The number of amides is 1. The molecule has 8 heteroatoms. The molecule has 0 atom stereocenters. The monoisotopic (exact) mass is 489 g/mol. The molecule has 0 spiro atoms. The number of nitrogens with one attached hydrogen (secondary N) is 1. The molecule has 0 aliphatic heterocycles. The van der Waals surface area contributed by atoms with E-state index in [-0.39, 0.29) is 22.8 Å². The fourth-order valence-corrected chi connectivity index (χ4v) is 4.92. The summed E-state index contributed by atoms with van der Waals surface area (Å²) in [4.78, 5) is 31.1. The maximum absolute atomic E-state index is 13.6. The second-order valence-electron chi connectivity index (χ2n) is 8.00. The molecule has 6 nitrogen and oxygen atoms in total. The van der Waals surface area contributed by atoms with E-state index in [4.69, 9.17) is 21.0 Å². The molecule has 0 fully saturated rings. The number of thioether (sulfide) groups is 1. The number of aryl methyl sites for hydroxylation is 2. The van der Waals surface area contributed by atoms with Crippen LogP contribution in [0.4, 0.5) is 5.69 Å². The van der Waals surface area contributed by atoms with Gasteiger partial charge < -0.3 is 9.73 Å². The highest BCUT2D eigenvalue weighted by atomic mass is 35.5. The molecule has 0 saturated heterocycles. The van der Waals surface area contributed by atoms with E-state index in [0.717, 1.165) is 16.5 Å². The Bertz CT molecular complexity index is 1600. The van der Waals surface area contributed by atoms with Gasteiger partial charge in [0.2, 0.25) is 11.5 Å². The average molecular weight is 490 g/mol. The molecule has 1 amide bonds. The van der Waals surface area contributed by atoms with Crippen LogP contribution in [0.3, 0.4) is 0 Å². The molecule has 0 aliphatic carbocycles. The van der Waals surface area contributed by atoms with Crippen LogP contribution in [0.2, 0.25) is 5.02 Å². The number of para-hydroxylation sites is 1. The standard InChI is InChI=1S/C26H20ClN3O3S/c1-15-10-16(2)12-19(11-15)30-25(32)24-23(20-8-3-4-9-21(20)33-24)29-26(30)34-14-22(31)28-18-7-5-6-17(27)13-18/h3-13H,14H2,1-2H3,(H,28,31). The predicted octanol–water partition coefficient (Wildman–Crippen LogP) is 6.13. The zero-order valence-electron chi connectivity index (χ0n) is 18.5. The highest BCUT2D eigenvalue weighted by Crippen LogP contribution is 2.29. The van der Waals surface area contributed by atoms with Gasteiger partial charge in [-0.2, -0.15) is 0 Å². The van der Waals surface area contributed by atoms with E-state index >= 15 is 0 Å². The summed E-state index contributed by atoms with van der Waals surface area (Å²) in [6, 6.07) is 20.2. The van der Waals surface area contributed by atoms with Gasteiger partial charge in [-0.05, 0) is 67.4 Å². The maximum Gasteiger partial charge on any atom is 0.302 e. The number of anilines is 1. The number of nitrogens with zero attached hydrogens (tertiary/aromatic N) is 2. The van der Waals surface area contributed by atoms with Crippen molar-refractivity contribution in [2.45, 2.75) is 19.0 Å².